The van der Waals surface area contributed by atoms with E-state index in [1.165, 1.54) is 18.7 Å². The molecular weight excluding hydrogens is 370 g/mol. The van der Waals surface area contributed by atoms with Crippen LogP contribution in [0.3, 0.4) is 0 Å². The molecule has 0 fully saturated rings. The van der Waals surface area contributed by atoms with Crippen molar-refractivity contribution in [2.75, 3.05) is 12.9 Å². The molecule has 0 saturated heterocycles. The van der Waals surface area contributed by atoms with Crippen LogP contribution in [0.1, 0.15) is 41.4 Å². The van der Waals surface area contributed by atoms with Gasteiger partial charge in [0, 0.05) is 21.9 Å². The highest BCUT2D eigenvalue weighted by molar-refractivity contribution is 7.99. The van der Waals surface area contributed by atoms with Crippen molar-refractivity contribution in [3.63, 3.8) is 0 Å². The third kappa shape index (κ3) is 5.78. The standard InChI is InChI=1S/C20H22ClNO3S/c1-13(15-4-7-18(21)8-5-15)22-20(24)12-26-11-17-10-16(14(2)23)6-9-19(17)25-3/h4-10,13H,11-12H2,1-3H3,(H,22,24). The van der Waals surface area contributed by atoms with Gasteiger partial charge in [-0.05, 0) is 49.7 Å². The van der Waals surface area contributed by atoms with Crippen LogP contribution in [-0.4, -0.2) is 24.6 Å². The second-order valence-corrected chi connectivity index (χ2v) is 7.34. The minimum Gasteiger partial charge on any atom is -0.496 e. The molecule has 0 aliphatic carbocycles. The first kappa shape index (κ1) is 20.3. The van der Waals surface area contributed by atoms with Crippen molar-refractivity contribution in [3.05, 3.63) is 64.2 Å². The van der Waals surface area contributed by atoms with Crippen molar-refractivity contribution in [3.8, 4) is 5.75 Å². The van der Waals surface area contributed by atoms with Gasteiger partial charge in [0.1, 0.15) is 5.75 Å². The summed E-state index contributed by atoms with van der Waals surface area (Å²) in [4.78, 5) is 23.7. The van der Waals surface area contributed by atoms with Gasteiger partial charge in [-0.3, -0.25) is 9.59 Å². The van der Waals surface area contributed by atoms with E-state index in [1.807, 2.05) is 37.3 Å². The molecule has 0 heterocycles. The van der Waals surface area contributed by atoms with Crippen molar-refractivity contribution in [2.45, 2.75) is 25.6 Å². The van der Waals surface area contributed by atoms with Gasteiger partial charge in [-0.2, -0.15) is 0 Å². The number of Topliss-reactive ketones (excluding diaryl/α,β-unsaturated/α-hetero) is 1. The molecule has 2 aromatic rings. The van der Waals surface area contributed by atoms with Crippen LogP contribution in [0.4, 0.5) is 0 Å². The summed E-state index contributed by atoms with van der Waals surface area (Å²) in [6.45, 7) is 3.47. The molecule has 0 radical (unpaired) electrons. The van der Waals surface area contributed by atoms with E-state index in [0.29, 0.717) is 22.1 Å². The summed E-state index contributed by atoms with van der Waals surface area (Å²) >= 11 is 7.36. The number of benzene rings is 2. The van der Waals surface area contributed by atoms with E-state index in [1.54, 1.807) is 19.2 Å². The lowest BCUT2D eigenvalue weighted by Crippen LogP contribution is -2.28. The van der Waals surface area contributed by atoms with E-state index in [-0.39, 0.29) is 17.7 Å². The van der Waals surface area contributed by atoms with Crippen molar-refractivity contribution < 1.29 is 14.3 Å². The van der Waals surface area contributed by atoms with Gasteiger partial charge in [-0.1, -0.05) is 23.7 Å². The number of thioether (sulfide) groups is 1. The third-order valence-electron chi connectivity index (χ3n) is 3.93. The number of carbonyl (C=O) groups is 2. The predicted octanol–water partition coefficient (Wildman–Crippen LogP) is 4.66. The van der Waals surface area contributed by atoms with Gasteiger partial charge in [-0.15, -0.1) is 11.8 Å². The van der Waals surface area contributed by atoms with Crippen LogP contribution in [0.2, 0.25) is 5.02 Å². The predicted molar refractivity (Wildman–Crippen MR) is 107 cm³/mol. The van der Waals surface area contributed by atoms with Gasteiger partial charge in [-0.25, -0.2) is 0 Å². The monoisotopic (exact) mass is 391 g/mol. The first-order valence-corrected chi connectivity index (χ1v) is 9.74. The Bertz CT molecular complexity index is 777. The van der Waals surface area contributed by atoms with Crippen LogP contribution >= 0.6 is 23.4 Å². The average Bonchev–Trinajstić information content (AvgIpc) is 2.62. The number of carbonyl (C=O) groups excluding carboxylic acids is 2. The van der Waals surface area contributed by atoms with Crippen LogP contribution in [0.25, 0.3) is 0 Å². The molecule has 2 aromatic carbocycles. The Kier molecular flexibility index (Phi) is 7.54. The molecule has 0 aromatic heterocycles. The Morgan fingerprint density at radius 3 is 2.50 bits per heavy atom. The number of ether oxygens (including phenoxy) is 1. The van der Waals surface area contributed by atoms with Crippen LogP contribution < -0.4 is 10.1 Å². The van der Waals surface area contributed by atoms with Crippen LogP contribution in [0.5, 0.6) is 5.75 Å². The van der Waals surface area contributed by atoms with Gasteiger partial charge >= 0.3 is 0 Å². The highest BCUT2D eigenvalue weighted by atomic mass is 35.5. The third-order valence-corrected chi connectivity index (χ3v) is 5.16. The molecular formula is C20H22ClNO3S. The summed E-state index contributed by atoms with van der Waals surface area (Å²) < 4.78 is 5.33. The fourth-order valence-corrected chi connectivity index (χ4v) is 3.42. The Labute approximate surface area is 163 Å². The molecule has 6 heteroatoms. The van der Waals surface area contributed by atoms with E-state index in [2.05, 4.69) is 5.32 Å². The lowest BCUT2D eigenvalue weighted by molar-refractivity contribution is -0.119. The number of halogens is 1. The summed E-state index contributed by atoms with van der Waals surface area (Å²) in [5, 5.41) is 3.64. The largest absolute Gasteiger partial charge is 0.496 e. The fourth-order valence-electron chi connectivity index (χ4n) is 2.48. The minimum atomic E-state index is -0.0871. The zero-order chi connectivity index (χ0) is 19.1. The smallest absolute Gasteiger partial charge is 0.230 e. The second kappa shape index (κ2) is 9.64. The number of nitrogens with one attached hydrogen (secondary N) is 1. The van der Waals surface area contributed by atoms with Gasteiger partial charge in [0.2, 0.25) is 5.91 Å². The molecule has 1 unspecified atom stereocenters. The lowest BCUT2D eigenvalue weighted by Gasteiger charge is -2.14. The maximum Gasteiger partial charge on any atom is 0.230 e. The Balaban J connectivity index is 1.89. The number of hydrogen-bond donors (Lipinski definition) is 1. The molecule has 2 rings (SSSR count). The first-order valence-electron chi connectivity index (χ1n) is 8.21. The molecule has 0 spiro atoms. The molecule has 1 atom stereocenters. The summed E-state index contributed by atoms with van der Waals surface area (Å²) in [5.41, 5.74) is 2.55. The number of methoxy groups -OCH3 is 1. The lowest BCUT2D eigenvalue weighted by atomic mass is 10.1. The van der Waals surface area contributed by atoms with E-state index in [9.17, 15) is 9.59 Å². The molecule has 0 bridgehead atoms. The van der Waals surface area contributed by atoms with Gasteiger partial charge in [0.05, 0.1) is 18.9 Å². The van der Waals surface area contributed by atoms with Gasteiger partial charge < -0.3 is 10.1 Å². The normalized spacial score (nSPS) is 11.7. The van der Waals surface area contributed by atoms with Crippen LogP contribution in [0.15, 0.2) is 42.5 Å². The van der Waals surface area contributed by atoms with E-state index >= 15 is 0 Å². The molecule has 0 saturated carbocycles. The van der Waals surface area contributed by atoms with Crippen molar-refractivity contribution >= 4 is 35.1 Å². The van der Waals surface area contributed by atoms with Crippen molar-refractivity contribution in [2.24, 2.45) is 0 Å². The Morgan fingerprint density at radius 1 is 1.19 bits per heavy atom. The van der Waals surface area contributed by atoms with Gasteiger partial charge in [0.25, 0.3) is 0 Å². The highest BCUT2D eigenvalue weighted by Crippen LogP contribution is 2.25. The Hall–Kier alpha value is -1.98. The molecule has 0 aliphatic heterocycles. The van der Waals surface area contributed by atoms with E-state index < -0.39 is 0 Å². The van der Waals surface area contributed by atoms with Crippen molar-refractivity contribution in [1.82, 2.24) is 5.32 Å². The maximum absolute atomic E-state index is 12.2. The van der Waals surface area contributed by atoms with Crippen molar-refractivity contribution in [1.29, 1.82) is 0 Å². The SMILES string of the molecule is COc1ccc(C(C)=O)cc1CSCC(=O)NC(C)c1ccc(Cl)cc1. The first-order chi connectivity index (χ1) is 12.4. The molecule has 138 valence electrons. The zero-order valence-corrected chi connectivity index (χ0v) is 16.6. The number of hydrogen-bond acceptors (Lipinski definition) is 4. The topological polar surface area (TPSA) is 55.4 Å². The fraction of sp³-hybridized carbons (Fsp3) is 0.300. The van der Waals surface area contributed by atoms with Crippen LogP contribution in [0, 0.1) is 0 Å². The summed E-state index contributed by atoms with van der Waals surface area (Å²) in [6, 6.07) is 12.7. The number of amides is 1. The van der Waals surface area contributed by atoms with Gasteiger partial charge in [0.15, 0.2) is 5.78 Å². The number of rotatable bonds is 8. The molecule has 26 heavy (non-hydrogen) atoms. The second-order valence-electron chi connectivity index (χ2n) is 5.92. The van der Waals surface area contributed by atoms with Crippen LogP contribution in [-0.2, 0) is 10.5 Å². The Morgan fingerprint density at radius 2 is 1.88 bits per heavy atom. The van der Waals surface area contributed by atoms with E-state index in [0.717, 1.165) is 16.9 Å². The number of ketones is 1. The highest BCUT2D eigenvalue weighted by Gasteiger charge is 2.11. The summed E-state index contributed by atoms with van der Waals surface area (Å²) in [7, 11) is 1.59. The molecule has 4 nitrogen and oxygen atoms in total. The molecule has 1 N–H and O–H groups in total. The zero-order valence-electron chi connectivity index (χ0n) is 15.0. The maximum atomic E-state index is 12.2. The summed E-state index contributed by atoms with van der Waals surface area (Å²) in [6.07, 6.45) is 0. The quantitative estimate of drug-likeness (QED) is 0.665. The molecule has 1 amide bonds. The minimum absolute atomic E-state index is 0.00781. The average molecular weight is 392 g/mol. The molecule has 0 aliphatic rings. The van der Waals surface area contributed by atoms with E-state index in [4.69, 9.17) is 16.3 Å². The summed E-state index contributed by atoms with van der Waals surface area (Å²) in [5.74, 6) is 1.60.